The number of benzene rings is 2. The van der Waals surface area contributed by atoms with Crippen LogP contribution in [0.15, 0.2) is 47.4 Å². The van der Waals surface area contributed by atoms with Crippen molar-refractivity contribution >= 4 is 67.7 Å². The molecule has 3 rings (SSSR count). The minimum absolute atomic E-state index is 0.107. The van der Waals surface area contributed by atoms with E-state index in [0.717, 1.165) is 0 Å². The van der Waals surface area contributed by atoms with Crippen molar-refractivity contribution in [3.63, 3.8) is 0 Å². The Morgan fingerprint density at radius 2 is 1.66 bits per heavy atom. The molecular formula is C19H22ClN5O4S3. The summed E-state index contributed by atoms with van der Waals surface area (Å²) in [5, 5.41) is 6.55. The van der Waals surface area contributed by atoms with E-state index in [0.29, 0.717) is 48.5 Å². The van der Waals surface area contributed by atoms with Crippen LogP contribution in [0.4, 0.5) is 11.4 Å². The lowest BCUT2D eigenvalue weighted by Gasteiger charge is -2.26. The molecule has 0 atom stereocenters. The van der Waals surface area contributed by atoms with Crippen LogP contribution in [-0.2, 0) is 14.8 Å². The van der Waals surface area contributed by atoms with Crippen LogP contribution in [-0.4, -0.2) is 56.4 Å². The number of hydrogen-bond acceptors (Lipinski definition) is 6. The van der Waals surface area contributed by atoms with E-state index in [2.05, 4.69) is 21.5 Å². The minimum Gasteiger partial charge on any atom is -0.495 e. The number of sulfonamides is 1. The monoisotopic (exact) mass is 515 g/mol. The molecule has 4 N–H and O–H groups in total. The zero-order valence-electron chi connectivity index (χ0n) is 17.1. The number of methoxy groups -OCH3 is 1. The van der Waals surface area contributed by atoms with E-state index in [1.807, 2.05) is 18.2 Å². The summed E-state index contributed by atoms with van der Waals surface area (Å²) in [6.07, 6.45) is 0. The number of ether oxygens (including phenoxy) is 2. The van der Waals surface area contributed by atoms with Gasteiger partial charge in [0.2, 0.25) is 10.0 Å². The van der Waals surface area contributed by atoms with Crippen LogP contribution >= 0.6 is 36.0 Å². The number of halogens is 1. The van der Waals surface area contributed by atoms with Crippen molar-refractivity contribution in [3.05, 3.63) is 47.5 Å². The van der Waals surface area contributed by atoms with E-state index in [1.165, 1.54) is 22.5 Å². The van der Waals surface area contributed by atoms with Gasteiger partial charge in [0.15, 0.2) is 10.2 Å². The summed E-state index contributed by atoms with van der Waals surface area (Å²) < 4.78 is 37.6. The summed E-state index contributed by atoms with van der Waals surface area (Å²) in [6.45, 7) is 1.32. The van der Waals surface area contributed by atoms with Gasteiger partial charge in [0.25, 0.3) is 0 Å². The summed E-state index contributed by atoms with van der Waals surface area (Å²) in [7, 11) is -2.11. The lowest BCUT2D eigenvalue weighted by molar-refractivity contribution is 0.0730. The normalized spacial score (nSPS) is 14.3. The van der Waals surface area contributed by atoms with Crippen LogP contribution in [0.1, 0.15) is 0 Å². The number of nitrogens with one attached hydrogen (secondary N) is 4. The van der Waals surface area contributed by atoms with E-state index in [4.69, 9.17) is 45.5 Å². The van der Waals surface area contributed by atoms with Gasteiger partial charge in [0.05, 0.1) is 41.6 Å². The Hall–Kier alpha value is -2.22. The smallest absolute Gasteiger partial charge is 0.243 e. The molecule has 172 valence electrons. The summed E-state index contributed by atoms with van der Waals surface area (Å²) in [5.41, 5.74) is 6.49. The van der Waals surface area contributed by atoms with E-state index in [-0.39, 0.29) is 15.1 Å². The molecule has 1 aliphatic heterocycles. The first-order valence-electron chi connectivity index (χ1n) is 9.45. The quantitative estimate of drug-likeness (QED) is 0.351. The van der Waals surface area contributed by atoms with Gasteiger partial charge in [-0.25, -0.2) is 8.42 Å². The van der Waals surface area contributed by atoms with E-state index in [9.17, 15) is 8.42 Å². The predicted octanol–water partition coefficient (Wildman–Crippen LogP) is 2.56. The zero-order valence-corrected chi connectivity index (χ0v) is 20.3. The predicted molar refractivity (Wildman–Crippen MR) is 133 cm³/mol. The van der Waals surface area contributed by atoms with Gasteiger partial charge in [-0.2, -0.15) is 4.31 Å². The standard InChI is InChI=1S/C19H22ClN5O4S3/c1-28-17-5-3-2-4-15(17)21-18(30)23-24-19(31)22-16-12-13(6-7-14(16)20)32(26,27)25-8-10-29-11-9-25/h2-7,12H,8-11H2,1H3,(H2,21,23,30)(H2,22,24,31). The molecule has 2 aromatic carbocycles. The number of morpholine rings is 1. The highest BCUT2D eigenvalue weighted by atomic mass is 35.5. The van der Waals surface area contributed by atoms with Gasteiger partial charge in [-0.3, -0.25) is 10.9 Å². The third kappa shape index (κ3) is 6.18. The van der Waals surface area contributed by atoms with Gasteiger partial charge in [-0.15, -0.1) is 0 Å². The van der Waals surface area contributed by atoms with Crippen molar-refractivity contribution in [1.82, 2.24) is 15.2 Å². The molecule has 2 aromatic rings. The molecule has 9 nitrogen and oxygen atoms in total. The van der Waals surface area contributed by atoms with Crippen molar-refractivity contribution in [3.8, 4) is 5.75 Å². The summed E-state index contributed by atoms with van der Waals surface area (Å²) >= 11 is 16.7. The molecule has 1 saturated heterocycles. The highest BCUT2D eigenvalue weighted by molar-refractivity contribution is 7.89. The van der Waals surface area contributed by atoms with Crippen LogP contribution in [0.25, 0.3) is 0 Å². The second-order valence-electron chi connectivity index (χ2n) is 6.52. The Morgan fingerprint density at radius 1 is 1.03 bits per heavy atom. The van der Waals surface area contributed by atoms with E-state index >= 15 is 0 Å². The molecule has 0 aromatic heterocycles. The number of anilines is 2. The van der Waals surface area contributed by atoms with Crippen molar-refractivity contribution < 1.29 is 17.9 Å². The van der Waals surface area contributed by atoms with Crippen molar-refractivity contribution in [2.45, 2.75) is 4.90 Å². The first-order valence-corrected chi connectivity index (χ1v) is 12.1. The van der Waals surface area contributed by atoms with Crippen LogP contribution < -0.4 is 26.2 Å². The fraction of sp³-hybridized carbons (Fsp3) is 0.263. The molecule has 1 fully saturated rings. The molecule has 0 aliphatic carbocycles. The lowest BCUT2D eigenvalue weighted by atomic mass is 10.3. The number of rotatable bonds is 5. The van der Waals surface area contributed by atoms with Crippen LogP contribution in [0.2, 0.25) is 5.02 Å². The maximum Gasteiger partial charge on any atom is 0.243 e. The average molecular weight is 516 g/mol. The average Bonchev–Trinajstić information content (AvgIpc) is 2.80. The first-order chi connectivity index (χ1) is 15.3. The van der Waals surface area contributed by atoms with Gasteiger partial charge in [0, 0.05) is 13.1 Å². The second-order valence-corrected chi connectivity index (χ2v) is 9.68. The molecule has 0 amide bonds. The second kappa shape index (κ2) is 11.1. The van der Waals surface area contributed by atoms with E-state index in [1.54, 1.807) is 13.2 Å². The molecule has 0 radical (unpaired) electrons. The SMILES string of the molecule is COc1ccccc1NC(=S)NNC(=S)Nc1cc(S(=O)(=O)N2CCOCC2)ccc1Cl. The largest absolute Gasteiger partial charge is 0.495 e. The number of nitrogens with zero attached hydrogens (tertiary/aromatic N) is 1. The Kier molecular flexibility index (Phi) is 8.45. The highest BCUT2D eigenvalue weighted by Gasteiger charge is 2.27. The van der Waals surface area contributed by atoms with Crippen LogP contribution in [0.3, 0.4) is 0 Å². The zero-order chi connectivity index (χ0) is 23.1. The lowest BCUT2D eigenvalue weighted by Crippen LogP contribution is -2.45. The Labute approximate surface area is 202 Å². The number of hydrogen-bond donors (Lipinski definition) is 4. The number of hydrazine groups is 1. The highest BCUT2D eigenvalue weighted by Crippen LogP contribution is 2.27. The Morgan fingerprint density at radius 3 is 2.31 bits per heavy atom. The molecule has 0 spiro atoms. The van der Waals surface area contributed by atoms with Gasteiger partial charge < -0.3 is 20.1 Å². The van der Waals surface area contributed by atoms with Crippen molar-refractivity contribution in [2.75, 3.05) is 44.0 Å². The van der Waals surface area contributed by atoms with Gasteiger partial charge in [-0.05, 0) is 54.8 Å². The fourth-order valence-corrected chi connectivity index (χ4v) is 4.79. The number of thiocarbonyl (C=S) groups is 2. The van der Waals surface area contributed by atoms with Crippen LogP contribution in [0.5, 0.6) is 5.75 Å². The molecule has 0 bridgehead atoms. The molecule has 0 saturated carbocycles. The van der Waals surface area contributed by atoms with Gasteiger partial charge >= 0.3 is 0 Å². The Balaban J connectivity index is 1.61. The maximum absolute atomic E-state index is 12.9. The third-order valence-corrected chi connectivity index (χ3v) is 7.07. The van der Waals surface area contributed by atoms with Gasteiger partial charge in [0.1, 0.15) is 5.75 Å². The van der Waals surface area contributed by atoms with Crippen LogP contribution in [0, 0.1) is 0 Å². The Bertz CT molecular complexity index is 1090. The third-order valence-electron chi connectivity index (χ3n) is 4.44. The molecule has 1 heterocycles. The summed E-state index contributed by atoms with van der Waals surface area (Å²) in [4.78, 5) is 0.107. The molecule has 1 aliphatic rings. The van der Waals surface area contributed by atoms with Crippen molar-refractivity contribution in [2.24, 2.45) is 0 Å². The fourth-order valence-electron chi connectivity index (χ4n) is 2.87. The van der Waals surface area contributed by atoms with E-state index < -0.39 is 10.0 Å². The molecule has 0 unspecified atom stereocenters. The molecule has 13 heteroatoms. The minimum atomic E-state index is -3.67. The topological polar surface area (TPSA) is 104 Å². The molecule has 32 heavy (non-hydrogen) atoms. The van der Waals surface area contributed by atoms with Gasteiger partial charge in [-0.1, -0.05) is 23.7 Å². The maximum atomic E-state index is 12.9. The number of para-hydroxylation sites is 2. The summed E-state index contributed by atoms with van der Waals surface area (Å²) in [5.74, 6) is 0.627. The van der Waals surface area contributed by atoms with Crippen molar-refractivity contribution in [1.29, 1.82) is 0 Å². The first kappa shape index (κ1) is 24.4. The summed E-state index contributed by atoms with van der Waals surface area (Å²) in [6, 6.07) is 11.7. The molecular weight excluding hydrogens is 494 g/mol.